The average molecular weight is 307 g/mol. The highest BCUT2D eigenvalue weighted by atomic mass is 32.2. The second-order valence-electron chi connectivity index (χ2n) is 4.62. The summed E-state index contributed by atoms with van der Waals surface area (Å²) in [4.78, 5) is 0.110. The van der Waals surface area contributed by atoms with Crippen molar-refractivity contribution in [2.45, 2.75) is 31.2 Å². The normalized spacial score (nSPS) is 23.0. The van der Waals surface area contributed by atoms with E-state index in [9.17, 15) is 16.8 Å². The van der Waals surface area contributed by atoms with Gasteiger partial charge in [0, 0.05) is 12.6 Å². The van der Waals surface area contributed by atoms with Crippen LogP contribution in [0.5, 0.6) is 0 Å². The highest BCUT2D eigenvalue weighted by Gasteiger charge is 2.38. The minimum atomic E-state index is -3.70. The molecule has 9 heteroatoms. The fourth-order valence-electron chi connectivity index (χ4n) is 2.35. The van der Waals surface area contributed by atoms with Crippen molar-refractivity contribution >= 4 is 19.9 Å². The van der Waals surface area contributed by atoms with Gasteiger partial charge in [0.1, 0.15) is 4.90 Å². The Bertz CT molecular complexity index is 663. The van der Waals surface area contributed by atoms with Gasteiger partial charge in [-0.25, -0.2) is 16.8 Å². The fraction of sp³-hybridized carbons (Fsp3) is 0.700. The molecule has 2 heterocycles. The molecule has 1 aromatic heterocycles. The molecule has 108 valence electrons. The monoisotopic (exact) mass is 307 g/mol. The number of nitrogens with zero attached hydrogens (tertiary/aromatic N) is 2. The van der Waals surface area contributed by atoms with Crippen molar-refractivity contribution in [1.29, 1.82) is 0 Å². The Morgan fingerprint density at radius 2 is 2.21 bits per heavy atom. The Kier molecular flexibility index (Phi) is 3.72. The average Bonchev–Trinajstić information content (AvgIpc) is 2.86. The van der Waals surface area contributed by atoms with Crippen LogP contribution in [0, 0.1) is 6.92 Å². The topological polar surface area (TPSA) is 100 Å². The molecule has 0 bridgehead atoms. The summed E-state index contributed by atoms with van der Waals surface area (Å²) in [5, 5.41) is 6.30. The second-order valence-corrected chi connectivity index (χ2v) is 8.71. The van der Waals surface area contributed by atoms with Crippen LogP contribution < -0.4 is 0 Å². The SMILES string of the molecule is CCN(C1CCS(=O)(=O)C1)S(=O)(=O)c1cn[nH]c1C. The highest BCUT2D eigenvalue weighted by Crippen LogP contribution is 2.25. The van der Waals surface area contributed by atoms with Crippen molar-refractivity contribution in [1.82, 2.24) is 14.5 Å². The van der Waals surface area contributed by atoms with E-state index in [-0.39, 0.29) is 22.9 Å². The molecular formula is C10H17N3O4S2. The zero-order valence-corrected chi connectivity index (χ0v) is 12.5. The van der Waals surface area contributed by atoms with E-state index in [2.05, 4.69) is 10.2 Å². The Balaban J connectivity index is 2.35. The smallest absolute Gasteiger partial charge is 0.246 e. The van der Waals surface area contributed by atoms with Crippen LogP contribution in [0.25, 0.3) is 0 Å². The Hall–Kier alpha value is -0.930. The van der Waals surface area contributed by atoms with Gasteiger partial charge in [0.05, 0.1) is 23.4 Å². The van der Waals surface area contributed by atoms with Crippen LogP contribution in [0.2, 0.25) is 0 Å². The summed E-state index contributed by atoms with van der Waals surface area (Å²) >= 11 is 0. The van der Waals surface area contributed by atoms with Gasteiger partial charge in [-0.3, -0.25) is 5.10 Å². The molecule has 1 unspecified atom stereocenters. The van der Waals surface area contributed by atoms with Crippen LogP contribution >= 0.6 is 0 Å². The van der Waals surface area contributed by atoms with Gasteiger partial charge in [-0.05, 0) is 13.3 Å². The van der Waals surface area contributed by atoms with Crippen LogP contribution in [-0.2, 0) is 19.9 Å². The van der Waals surface area contributed by atoms with Crippen molar-refractivity contribution in [2.75, 3.05) is 18.1 Å². The third-order valence-corrected chi connectivity index (χ3v) is 7.19. The van der Waals surface area contributed by atoms with Crippen LogP contribution in [0.1, 0.15) is 19.0 Å². The van der Waals surface area contributed by atoms with Gasteiger partial charge in [-0.1, -0.05) is 6.92 Å². The van der Waals surface area contributed by atoms with Crippen molar-refractivity contribution in [3.05, 3.63) is 11.9 Å². The standard InChI is InChI=1S/C10H17N3O4S2/c1-3-13(9-4-5-18(14,15)7-9)19(16,17)10-6-11-12-8(10)2/h6,9H,3-5,7H2,1-2H3,(H,11,12). The van der Waals surface area contributed by atoms with Crippen molar-refractivity contribution < 1.29 is 16.8 Å². The van der Waals surface area contributed by atoms with Gasteiger partial charge in [-0.2, -0.15) is 9.40 Å². The summed E-state index contributed by atoms with van der Waals surface area (Å²) in [7, 11) is -6.82. The number of aryl methyl sites for hydroxylation is 1. The lowest BCUT2D eigenvalue weighted by atomic mass is 10.3. The molecule has 1 N–H and O–H groups in total. The highest BCUT2D eigenvalue weighted by molar-refractivity contribution is 7.92. The van der Waals surface area contributed by atoms with Crippen LogP contribution in [0.4, 0.5) is 0 Å². The van der Waals surface area contributed by atoms with Gasteiger partial charge in [0.25, 0.3) is 0 Å². The first-order chi connectivity index (χ1) is 8.78. The number of nitrogens with one attached hydrogen (secondary N) is 1. The van der Waals surface area contributed by atoms with E-state index in [1.54, 1.807) is 13.8 Å². The van der Waals surface area contributed by atoms with E-state index >= 15 is 0 Å². The Labute approximate surface area is 113 Å². The second kappa shape index (κ2) is 4.88. The van der Waals surface area contributed by atoms with Gasteiger partial charge in [0.2, 0.25) is 10.0 Å². The molecule has 0 spiro atoms. The first-order valence-electron chi connectivity index (χ1n) is 6.00. The van der Waals surface area contributed by atoms with Gasteiger partial charge in [0.15, 0.2) is 9.84 Å². The van der Waals surface area contributed by atoms with Gasteiger partial charge in [-0.15, -0.1) is 0 Å². The third kappa shape index (κ3) is 2.67. The fourth-order valence-corrected chi connectivity index (χ4v) is 5.96. The molecule has 1 aliphatic heterocycles. The maximum Gasteiger partial charge on any atom is 0.246 e. The number of hydrogen-bond acceptors (Lipinski definition) is 5. The number of aromatic amines is 1. The summed E-state index contributed by atoms with van der Waals surface area (Å²) in [6.45, 7) is 3.57. The summed E-state index contributed by atoms with van der Waals surface area (Å²) in [6, 6.07) is -0.478. The molecular weight excluding hydrogens is 290 g/mol. The summed E-state index contributed by atoms with van der Waals surface area (Å²) in [6.07, 6.45) is 1.61. The first-order valence-corrected chi connectivity index (χ1v) is 9.26. The van der Waals surface area contributed by atoms with Gasteiger partial charge >= 0.3 is 0 Å². The van der Waals surface area contributed by atoms with Gasteiger partial charge < -0.3 is 0 Å². The molecule has 1 aromatic rings. The maximum atomic E-state index is 12.5. The maximum absolute atomic E-state index is 12.5. The van der Waals surface area contributed by atoms with E-state index in [4.69, 9.17) is 0 Å². The van der Waals surface area contributed by atoms with Crippen molar-refractivity contribution in [3.63, 3.8) is 0 Å². The molecule has 1 fully saturated rings. The zero-order chi connectivity index (χ0) is 14.3. The van der Waals surface area contributed by atoms with E-state index in [0.29, 0.717) is 12.1 Å². The quantitative estimate of drug-likeness (QED) is 0.838. The molecule has 19 heavy (non-hydrogen) atoms. The lowest BCUT2D eigenvalue weighted by Gasteiger charge is -2.25. The summed E-state index contributed by atoms with van der Waals surface area (Å²) in [5.74, 6) is -0.0506. The van der Waals surface area contributed by atoms with Crippen LogP contribution in [0.3, 0.4) is 0 Å². The van der Waals surface area contributed by atoms with Crippen molar-refractivity contribution in [2.24, 2.45) is 0 Å². The predicted molar refractivity (Wildman–Crippen MR) is 69.9 cm³/mol. The van der Waals surface area contributed by atoms with Crippen LogP contribution in [-0.4, -0.2) is 55.4 Å². The number of sulfone groups is 1. The zero-order valence-electron chi connectivity index (χ0n) is 10.8. The molecule has 2 rings (SSSR count). The molecule has 1 atom stereocenters. The molecule has 0 aromatic carbocycles. The Morgan fingerprint density at radius 1 is 1.53 bits per heavy atom. The molecule has 0 radical (unpaired) electrons. The van der Waals surface area contributed by atoms with E-state index in [0.717, 1.165) is 0 Å². The minimum absolute atomic E-state index is 0.0497. The van der Waals surface area contributed by atoms with E-state index < -0.39 is 25.9 Å². The molecule has 0 amide bonds. The van der Waals surface area contributed by atoms with Crippen molar-refractivity contribution in [3.8, 4) is 0 Å². The molecule has 0 aliphatic carbocycles. The summed E-state index contributed by atoms with van der Waals surface area (Å²) < 4.78 is 49.3. The lowest BCUT2D eigenvalue weighted by molar-refractivity contribution is 0.354. The number of rotatable bonds is 4. The number of aromatic nitrogens is 2. The third-order valence-electron chi connectivity index (χ3n) is 3.30. The first kappa shape index (κ1) is 14.5. The number of H-pyrrole nitrogens is 1. The number of hydrogen-bond donors (Lipinski definition) is 1. The Morgan fingerprint density at radius 3 is 2.63 bits per heavy atom. The predicted octanol–water partition coefficient (Wildman–Crippen LogP) is -0.0842. The minimum Gasteiger partial charge on any atom is -0.281 e. The number of sulfonamides is 1. The lowest BCUT2D eigenvalue weighted by Crippen LogP contribution is -2.41. The molecule has 1 saturated heterocycles. The molecule has 7 nitrogen and oxygen atoms in total. The molecule has 0 saturated carbocycles. The van der Waals surface area contributed by atoms with Crippen LogP contribution in [0.15, 0.2) is 11.1 Å². The van der Waals surface area contributed by atoms with E-state index in [1.807, 2.05) is 0 Å². The summed E-state index contributed by atoms with van der Waals surface area (Å²) in [5.41, 5.74) is 0.458. The molecule has 1 aliphatic rings. The van der Waals surface area contributed by atoms with E-state index in [1.165, 1.54) is 10.5 Å². The largest absolute Gasteiger partial charge is 0.281 e.